The monoisotopic (exact) mass is 500 g/mol. The van der Waals surface area contributed by atoms with Crippen molar-refractivity contribution in [1.82, 2.24) is 15.5 Å². The number of nitrogens with zero attached hydrogens (tertiary/aromatic N) is 2. The second-order valence-electron chi connectivity index (χ2n) is 7.91. The molecule has 0 amide bonds. The van der Waals surface area contributed by atoms with Crippen LogP contribution < -0.4 is 10.6 Å². The standard InChI is InChI=1S/C22H36N4O.HI/c1-4-22(5-2,18-10-7-6-8-11-18)17-25-21(23-3)24-14-20-15-26-13-9-12-19(26)16-27-20;/h6-8,10-11,19-20H,4-5,9,12-17H2,1-3H3,(H2,23,24,25);1H. The number of rotatable bonds is 7. The van der Waals surface area contributed by atoms with Gasteiger partial charge in [-0.1, -0.05) is 44.2 Å². The normalized spacial score (nSPS) is 23.0. The number of morpholine rings is 1. The first kappa shape index (κ1) is 23.4. The lowest BCUT2D eigenvalue weighted by atomic mass is 9.76. The van der Waals surface area contributed by atoms with Crippen LogP contribution in [0.4, 0.5) is 0 Å². The van der Waals surface area contributed by atoms with E-state index in [4.69, 9.17) is 4.74 Å². The summed E-state index contributed by atoms with van der Waals surface area (Å²) in [6, 6.07) is 11.5. The Morgan fingerprint density at radius 1 is 1.21 bits per heavy atom. The van der Waals surface area contributed by atoms with Crippen LogP contribution in [0.3, 0.4) is 0 Å². The molecule has 0 radical (unpaired) electrons. The lowest BCUT2D eigenvalue weighted by Crippen LogP contribution is -2.52. The summed E-state index contributed by atoms with van der Waals surface area (Å²) in [7, 11) is 1.84. The summed E-state index contributed by atoms with van der Waals surface area (Å²) >= 11 is 0. The predicted octanol–water partition coefficient (Wildman–Crippen LogP) is 3.39. The molecule has 1 aromatic carbocycles. The Kier molecular flexibility index (Phi) is 9.50. The summed E-state index contributed by atoms with van der Waals surface area (Å²) in [5.41, 5.74) is 1.52. The lowest BCUT2D eigenvalue weighted by molar-refractivity contribution is -0.0453. The van der Waals surface area contributed by atoms with Crippen molar-refractivity contribution in [3.05, 3.63) is 35.9 Å². The van der Waals surface area contributed by atoms with Gasteiger partial charge in [0.25, 0.3) is 0 Å². The highest BCUT2D eigenvalue weighted by atomic mass is 127. The van der Waals surface area contributed by atoms with Crippen molar-refractivity contribution in [2.75, 3.05) is 39.8 Å². The van der Waals surface area contributed by atoms with Crippen LogP contribution in [0.15, 0.2) is 35.3 Å². The van der Waals surface area contributed by atoms with Gasteiger partial charge in [0.05, 0.1) is 12.7 Å². The Hall–Kier alpha value is -0.860. The molecule has 2 heterocycles. The summed E-state index contributed by atoms with van der Waals surface area (Å²) in [6.07, 6.45) is 5.04. The zero-order valence-corrected chi connectivity index (χ0v) is 19.9. The van der Waals surface area contributed by atoms with E-state index in [1.165, 1.54) is 24.9 Å². The number of fused-ring (bicyclic) bond motifs is 1. The molecule has 2 unspecified atom stereocenters. The van der Waals surface area contributed by atoms with E-state index in [-0.39, 0.29) is 35.5 Å². The second-order valence-corrected chi connectivity index (χ2v) is 7.91. The highest BCUT2D eigenvalue weighted by molar-refractivity contribution is 14.0. The van der Waals surface area contributed by atoms with Crippen molar-refractivity contribution in [2.45, 2.75) is 57.1 Å². The SMILES string of the molecule is CCC(CC)(CNC(=NC)NCC1CN2CCCC2CO1)c1ccccc1.I. The van der Waals surface area contributed by atoms with Crippen LogP contribution in [-0.4, -0.2) is 62.8 Å². The third-order valence-corrected chi connectivity index (χ3v) is 6.52. The van der Waals surface area contributed by atoms with Crippen molar-refractivity contribution in [3.63, 3.8) is 0 Å². The maximum Gasteiger partial charge on any atom is 0.191 e. The van der Waals surface area contributed by atoms with Gasteiger partial charge >= 0.3 is 0 Å². The number of halogens is 1. The fourth-order valence-corrected chi connectivity index (χ4v) is 4.50. The van der Waals surface area contributed by atoms with Crippen molar-refractivity contribution in [2.24, 2.45) is 4.99 Å². The number of aliphatic imine (C=N–C) groups is 1. The summed E-state index contributed by atoms with van der Waals surface area (Å²) in [5.74, 6) is 0.865. The molecule has 2 aliphatic rings. The van der Waals surface area contributed by atoms with Gasteiger partial charge < -0.3 is 15.4 Å². The van der Waals surface area contributed by atoms with Crippen LogP contribution >= 0.6 is 24.0 Å². The van der Waals surface area contributed by atoms with Crippen LogP contribution in [0.25, 0.3) is 0 Å². The minimum atomic E-state index is 0. The van der Waals surface area contributed by atoms with Gasteiger partial charge in [-0.15, -0.1) is 24.0 Å². The number of nitrogens with one attached hydrogen (secondary N) is 2. The van der Waals surface area contributed by atoms with Gasteiger partial charge in [-0.2, -0.15) is 0 Å². The largest absolute Gasteiger partial charge is 0.373 e. The topological polar surface area (TPSA) is 48.9 Å². The van der Waals surface area contributed by atoms with Crippen LogP contribution in [0.5, 0.6) is 0 Å². The van der Waals surface area contributed by atoms with E-state index in [1.807, 2.05) is 7.05 Å². The van der Waals surface area contributed by atoms with Crippen molar-refractivity contribution >= 4 is 29.9 Å². The molecule has 0 aromatic heterocycles. The fraction of sp³-hybridized carbons (Fsp3) is 0.682. The minimum Gasteiger partial charge on any atom is -0.373 e. The first-order valence-electron chi connectivity index (χ1n) is 10.6. The Balaban J connectivity index is 0.00000280. The zero-order valence-electron chi connectivity index (χ0n) is 17.6. The molecule has 158 valence electrons. The first-order valence-corrected chi connectivity index (χ1v) is 10.6. The van der Waals surface area contributed by atoms with E-state index in [2.05, 4.69) is 64.7 Å². The summed E-state index contributed by atoms with van der Waals surface area (Å²) in [4.78, 5) is 7.01. The lowest BCUT2D eigenvalue weighted by Gasteiger charge is -2.36. The molecule has 5 nitrogen and oxygen atoms in total. The van der Waals surface area contributed by atoms with E-state index in [9.17, 15) is 0 Å². The molecular formula is C22H37IN4O. The van der Waals surface area contributed by atoms with Crippen molar-refractivity contribution in [3.8, 4) is 0 Å². The van der Waals surface area contributed by atoms with Gasteiger partial charge in [0, 0.05) is 38.1 Å². The summed E-state index contributed by atoms with van der Waals surface area (Å²) in [5, 5.41) is 7.04. The van der Waals surface area contributed by atoms with E-state index in [0.717, 1.165) is 45.0 Å². The fourth-order valence-electron chi connectivity index (χ4n) is 4.50. The molecule has 0 bridgehead atoms. The molecule has 0 saturated carbocycles. The Morgan fingerprint density at radius 2 is 1.96 bits per heavy atom. The van der Waals surface area contributed by atoms with Crippen LogP contribution in [0.2, 0.25) is 0 Å². The molecular weight excluding hydrogens is 463 g/mol. The molecule has 2 N–H and O–H groups in total. The van der Waals surface area contributed by atoms with Gasteiger partial charge in [0.2, 0.25) is 0 Å². The average molecular weight is 500 g/mol. The van der Waals surface area contributed by atoms with Crippen LogP contribution in [-0.2, 0) is 10.2 Å². The maximum absolute atomic E-state index is 6.06. The van der Waals surface area contributed by atoms with Crippen LogP contribution in [0.1, 0.15) is 45.1 Å². The molecule has 0 spiro atoms. The molecule has 2 fully saturated rings. The average Bonchev–Trinajstić information content (AvgIpc) is 3.20. The smallest absolute Gasteiger partial charge is 0.191 e. The molecule has 1 aromatic rings. The van der Waals surface area contributed by atoms with Gasteiger partial charge in [-0.25, -0.2) is 0 Å². The molecule has 3 rings (SSSR count). The first-order chi connectivity index (χ1) is 13.2. The van der Waals surface area contributed by atoms with Gasteiger partial charge in [-0.05, 0) is 37.8 Å². The Morgan fingerprint density at radius 3 is 2.64 bits per heavy atom. The van der Waals surface area contributed by atoms with E-state index >= 15 is 0 Å². The third-order valence-electron chi connectivity index (χ3n) is 6.52. The van der Waals surface area contributed by atoms with Gasteiger partial charge in [0.15, 0.2) is 5.96 Å². The number of ether oxygens (including phenoxy) is 1. The van der Waals surface area contributed by atoms with E-state index in [1.54, 1.807) is 0 Å². The number of hydrogen-bond acceptors (Lipinski definition) is 3. The highest BCUT2D eigenvalue weighted by Crippen LogP contribution is 2.30. The van der Waals surface area contributed by atoms with Crippen LogP contribution in [0, 0.1) is 0 Å². The number of hydrogen-bond donors (Lipinski definition) is 2. The van der Waals surface area contributed by atoms with E-state index in [0.29, 0.717) is 6.04 Å². The third kappa shape index (κ3) is 5.60. The summed E-state index contributed by atoms with van der Waals surface area (Å²) in [6.45, 7) is 9.37. The molecule has 2 saturated heterocycles. The zero-order chi connectivity index (χ0) is 19.1. The number of benzene rings is 1. The van der Waals surface area contributed by atoms with Crippen molar-refractivity contribution in [1.29, 1.82) is 0 Å². The molecule has 6 heteroatoms. The Labute approximate surface area is 187 Å². The summed E-state index contributed by atoms with van der Waals surface area (Å²) < 4.78 is 6.06. The second kappa shape index (κ2) is 11.4. The van der Waals surface area contributed by atoms with Gasteiger partial charge in [-0.3, -0.25) is 9.89 Å². The quantitative estimate of drug-likeness (QED) is 0.343. The molecule has 28 heavy (non-hydrogen) atoms. The maximum atomic E-state index is 6.06. The molecule has 2 atom stereocenters. The minimum absolute atomic E-state index is 0. The van der Waals surface area contributed by atoms with E-state index < -0.39 is 0 Å². The van der Waals surface area contributed by atoms with Gasteiger partial charge in [0.1, 0.15) is 0 Å². The highest BCUT2D eigenvalue weighted by Gasteiger charge is 2.32. The number of guanidine groups is 1. The molecule has 0 aliphatic carbocycles. The Bertz CT molecular complexity index is 606. The van der Waals surface area contributed by atoms with Crippen molar-refractivity contribution < 1.29 is 4.74 Å². The molecule has 2 aliphatic heterocycles. The predicted molar refractivity (Wildman–Crippen MR) is 128 cm³/mol.